The second-order valence-electron chi connectivity index (χ2n) is 3.81. The lowest BCUT2D eigenvalue weighted by Gasteiger charge is -1.98. The van der Waals surface area contributed by atoms with Crippen molar-refractivity contribution in [2.24, 2.45) is 0 Å². The maximum absolute atomic E-state index is 11.3. The number of hydrogen-bond donors (Lipinski definition) is 1. The predicted octanol–water partition coefficient (Wildman–Crippen LogP) is 2.69. The molecule has 5 nitrogen and oxygen atoms in total. The Hall–Kier alpha value is -2.47. The van der Waals surface area contributed by atoms with Crippen LogP contribution in [0.25, 0.3) is 16.4 Å². The largest absolute Gasteiger partial charge is 0.478 e. The summed E-state index contributed by atoms with van der Waals surface area (Å²) >= 11 is 1.37. The number of nitrogens with zero attached hydrogens (tertiary/aromatic N) is 3. The van der Waals surface area contributed by atoms with Crippen molar-refractivity contribution in [2.45, 2.75) is 0 Å². The van der Waals surface area contributed by atoms with Gasteiger partial charge in [0.25, 0.3) is 0 Å². The Morgan fingerprint density at radius 3 is 2.68 bits per heavy atom. The monoisotopic (exact) mass is 271 g/mol. The molecule has 0 bridgehead atoms. The van der Waals surface area contributed by atoms with Crippen molar-refractivity contribution in [3.05, 3.63) is 53.7 Å². The van der Waals surface area contributed by atoms with Crippen molar-refractivity contribution < 1.29 is 9.90 Å². The minimum absolute atomic E-state index is 0.152. The van der Waals surface area contributed by atoms with E-state index in [0.717, 1.165) is 5.69 Å². The Morgan fingerprint density at radius 2 is 2.05 bits per heavy atom. The number of aromatic carboxylic acids is 1. The fraction of sp³-hybridized carbons (Fsp3) is 0. The summed E-state index contributed by atoms with van der Waals surface area (Å²) in [7, 11) is 0. The summed E-state index contributed by atoms with van der Waals surface area (Å²) < 4.78 is 1.56. The number of carboxylic acids is 1. The second-order valence-corrected chi connectivity index (χ2v) is 4.71. The number of carboxylic acid groups (broad SMARTS) is 1. The average Bonchev–Trinajstić information content (AvgIpc) is 3.08. The first-order valence-electron chi connectivity index (χ1n) is 5.54. The molecule has 0 unspecified atom stereocenters. The van der Waals surface area contributed by atoms with Crippen molar-refractivity contribution in [1.29, 1.82) is 0 Å². The van der Waals surface area contributed by atoms with Crippen LogP contribution in [0.3, 0.4) is 0 Å². The van der Waals surface area contributed by atoms with Crippen molar-refractivity contribution in [3.8, 4) is 16.4 Å². The molecule has 0 aliphatic rings. The van der Waals surface area contributed by atoms with Crippen LogP contribution in [0.5, 0.6) is 0 Å². The molecule has 94 valence electrons. The van der Waals surface area contributed by atoms with Gasteiger partial charge in [-0.2, -0.15) is 5.10 Å². The standard InChI is InChI=1S/C13H9N3O2S/c17-13(18)10-8-16(9-4-2-1-3-5-9)15-11(10)12-14-6-7-19-12/h1-8H,(H,17,18). The van der Waals surface area contributed by atoms with E-state index in [1.807, 2.05) is 30.3 Å². The number of rotatable bonds is 3. The van der Waals surface area contributed by atoms with Gasteiger partial charge in [-0.1, -0.05) is 18.2 Å². The van der Waals surface area contributed by atoms with Gasteiger partial charge in [0, 0.05) is 17.8 Å². The normalized spacial score (nSPS) is 10.5. The molecule has 2 aromatic heterocycles. The van der Waals surface area contributed by atoms with Crippen LogP contribution in [0, 0.1) is 0 Å². The number of para-hydroxylation sites is 1. The Kier molecular flexibility index (Phi) is 2.85. The number of hydrogen-bond acceptors (Lipinski definition) is 4. The summed E-state index contributed by atoms with van der Waals surface area (Å²) in [5, 5.41) is 16.0. The van der Waals surface area contributed by atoms with E-state index in [1.165, 1.54) is 17.5 Å². The Bertz CT molecular complexity index is 705. The van der Waals surface area contributed by atoms with Crippen LogP contribution >= 0.6 is 11.3 Å². The average molecular weight is 271 g/mol. The van der Waals surface area contributed by atoms with Crippen LogP contribution in [0.2, 0.25) is 0 Å². The molecule has 0 atom stereocenters. The molecule has 0 saturated carbocycles. The highest BCUT2D eigenvalue weighted by Gasteiger charge is 2.19. The maximum atomic E-state index is 11.3. The summed E-state index contributed by atoms with van der Waals surface area (Å²) in [6, 6.07) is 9.38. The molecule has 1 N–H and O–H groups in total. The van der Waals surface area contributed by atoms with Gasteiger partial charge in [0.15, 0.2) is 0 Å². The van der Waals surface area contributed by atoms with Crippen molar-refractivity contribution >= 4 is 17.3 Å². The van der Waals surface area contributed by atoms with E-state index in [4.69, 9.17) is 0 Å². The van der Waals surface area contributed by atoms with E-state index in [2.05, 4.69) is 10.1 Å². The fourth-order valence-electron chi connectivity index (χ4n) is 1.74. The minimum Gasteiger partial charge on any atom is -0.478 e. The van der Waals surface area contributed by atoms with E-state index in [1.54, 1.807) is 16.3 Å². The number of carbonyl (C=O) groups is 1. The van der Waals surface area contributed by atoms with Crippen molar-refractivity contribution in [1.82, 2.24) is 14.8 Å². The molecular weight excluding hydrogens is 262 g/mol. The second kappa shape index (κ2) is 4.66. The SMILES string of the molecule is O=C(O)c1cn(-c2ccccc2)nc1-c1nccs1. The Morgan fingerprint density at radius 1 is 1.26 bits per heavy atom. The fourth-order valence-corrected chi connectivity index (χ4v) is 2.38. The third kappa shape index (κ3) is 2.13. The molecule has 3 rings (SSSR count). The first-order chi connectivity index (χ1) is 9.25. The van der Waals surface area contributed by atoms with E-state index in [0.29, 0.717) is 10.7 Å². The Labute approximate surface area is 112 Å². The maximum Gasteiger partial charge on any atom is 0.339 e. The van der Waals surface area contributed by atoms with Gasteiger partial charge in [-0.3, -0.25) is 0 Å². The van der Waals surface area contributed by atoms with E-state index < -0.39 is 5.97 Å². The molecule has 0 aliphatic carbocycles. The predicted molar refractivity (Wildman–Crippen MR) is 71.6 cm³/mol. The van der Waals surface area contributed by atoms with Gasteiger partial charge >= 0.3 is 5.97 Å². The van der Waals surface area contributed by atoms with Gasteiger partial charge in [0.1, 0.15) is 16.3 Å². The number of benzene rings is 1. The van der Waals surface area contributed by atoms with Gasteiger partial charge in [-0.05, 0) is 12.1 Å². The molecule has 6 heteroatoms. The highest BCUT2D eigenvalue weighted by molar-refractivity contribution is 7.13. The summed E-state index contributed by atoms with van der Waals surface area (Å²) in [6.45, 7) is 0. The number of aromatic nitrogens is 3. The number of thiazole rings is 1. The van der Waals surface area contributed by atoms with Gasteiger partial charge in [-0.25, -0.2) is 14.5 Å². The van der Waals surface area contributed by atoms with Crippen LogP contribution in [-0.4, -0.2) is 25.8 Å². The molecule has 0 saturated heterocycles. The molecule has 0 radical (unpaired) electrons. The van der Waals surface area contributed by atoms with E-state index in [9.17, 15) is 9.90 Å². The summed E-state index contributed by atoms with van der Waals surface area (Å²) in [5.74, 6) is -1.01. The van der Waals surface area contributed by atoms with Crippen molar-refractivity contribution in [3.63, 3.8) is 0 Å². The molecule has 19 heavy (non-hydrogen) atoms. The third-order valence-electron chi connectivity index (χ3n) is 2.60. The van der Waals surface area contributed by atoms with Crippen molar-refractivity contribution in [2.75, 3.05) is 0 Å². The first-order valence-corrected chi connectivity index (χ1v) is 6.42. The molecule has 0 spiro atoms. The molecular formula is C13H9N3O2S. The van der Waals surface area contributed by atoms with Crippen LogP contribution < -0.4 is 0 Å². The molecule has 3 aromatic rings. The van der Waals surface area contributed by atoms with E-state index in [-0.39, 0.29) is 5.56 Å². The highest BCUT2D eigenvalue weighted by atomic mass is 32.1. The quantitative estimate of drug-likeness (QED) is 0.795. The molecule has 1 aromatic carbocycles. The first kappa shape index (κ1) is 11.6. The molecule has 0 amide bonds. The van der Waals surface area contributed by atoms with Gasteiger partial charge in [0.2, 0.25) is 0 Å². The third-order valence-corrected chi connectivity index (χ3v) is 3.38. The smallest absolute Gasteiger partial charge is 0.339 e. The summed E-state index contributed by atoms with van der Waals surface area (Å²) in [4.78, 5) is 15.4. The zero-order chi connectivity index (χ0) is 13.2. The van der Waals surface area contributed by atoms with Crippen LogP contribution in [0.1, 0.15) is 10.4 Å². The van der Waals surface area contributed by atoms with Gasteiger partial charge in [-0.15, -0.1) is 11.3 Å². The van der Waals surface area contributed by atoms with Crippen LogP contribution in [0.15, 0.2) is 48.1 Å². The topological polar surface area (TPSA) is 68.0 Å². The summed E-state index contributed by atoms with van der Waals surface area (Å²) in [5.41, 5.74) is 1.36. The van der Waals surface area contributed by atoms with Gasteiger partial charge in [0.05, 0.1) is 5.69 Å². The lowest BCUT2D eigenvalue weighted by atomic mass is 10.2. The summed E-state index contributed by atoms with van der Waals surface area (Å²) in [6.07, 6.45) is 3.14. The highest BCUT2D eigenvalue weighted by Crippen LogP contribution is 2.25. The Balaban J connectivity index is 2.15. The minimum atomic E-state index is -1.01. The van der Waals surface area contributed by atoms with Crippen LogP contribution in [-0.2, 0) is 0 Å². The van der Waals surface area contributed by atoms with Crippen LogP contribution in [0.4, 0.5) is 0 Å². The lowest BCUT2D eigenvalue weighted by molar-refractivity contribution is 0.0697. The molecule has 0 fully saturated rings. The zero-order valence-electron chi connectivity index (χ0n) is 9.72. The molecule has 2 heterocycles. The lowest BCUT2D eigenvalue weighted by Crippen LogP contribution is -1.96. The van der Waals surface area contributed by atoms with Gasteiger partial charge < -0.3 is 5.11 Å². The van der Waals surface area contributed by atoms with E-state index >= 15 is 0 Å². The molecule has 0 aliphatic heterocycles. The zero-order valence-corrected chi connectivity index (χ0v) is 10.5.